The van der Waals surface area contributed by atoms with Crippen molar-refractivity contribution in [2.24, 2.45) is 0 Å². The number of aromatic nitrogens is 2. The number of hydrogen-bond donors (Lipinski definition) is 1. The number of para-hydroxylation sites is 2. The molecule has 0 spiro atoms. The third kappa shape index (κ3) is 4.51. The quantitative estimate of drug-likeness (QED) is 0.315. The molecule has 1 aromatic heterocycles. The van der Waals surface area contributed by atoms with Crippen LogP contribution in [0.3, 0.4) is 0 Å². The van der Waals surface area contributed by atoms with E-state index in [4.69, 9.17) is 4.98 Å². The minimum atomic E-state index is -4.71. The molecule has 0 bridgehead atoms. The largest absolute Gasteiger partial charge is 0.573 e. The first-order valence-corrected chi connectivity index (χ1v) is 12.6. The maximum atomic E-state index is 12.5. The molecule has 1 atom stereocenters. The molecule has 5 nitrogen and oxygen atoms in total. The normalized spacial score (nSPS) is 17.5. The number of piperidine rings is 1. The van der Waals surface area contributed by atoms with Crippen LogP contribution in [0.2, 0.25) is 0 Å². The number of ether oxygens (including phenoxy) is 1. The Kier molecular flexibility index (Phi) is 5.79. The lowest BCUT2D eigenvalue weighted by Crippen LogP contribution is -2.47. The van der Waals surface area contributed by atoms with Gasteiger partial charge in [0.1, 0.15) is 17.4 Å². The molecule has 1 fully saturated rings. The SMILES string of the molecule is FC(F)(F)Oc1ccc(-c2nc(N3CCCC(N4c5ccccc5Sc5ccccc54)C3)c[nH]2)cc1. The molecule has 1 N–H and O–H groups in total. The highest BCUT2D eigenvalue weighted by Crippen LogP contribution is 2.49. The molecule has 2 aliphatic rings. The Morgan fingerprint density at radius 3 is 2.25 bits per heavy atom. The number of benzene rings is 3. The van der Waals surface area contributed by atoms with Crippen LogP contribution in [0.15, 0.2) is 88.8 Å². The van der Waals surface area contributed by atoms with Gasteiger partial charge in [-0.25, -0.2) is 4.98 Å². The summed E-state index contributed by atoms with van der Waals surface area (Å²) in [6.45, 7) is 1.71. The van der Waals surface area contributed by atoms with Gasteiger partial charge in [-0.1, -0.05) is 36.0 Å². The highest BCUT2D eigenvalue weighted by molar-refractivity contribution is 7.99. The minimum Gasteiger partial charge on any atom is -0.406 e. The number of imidazole rings is 1. The number of hydrogen-bond acceptors (Lipinski definition) is 5. The lowest BCUT2D eigenvalue weighted by Gasteiger charge is -2.43. The second kappa shape index (κ2) is 9.13. The van der Waals surface area contributed by atoms with Crippen molar-refractivity contribution in [3.05, 3.63) is 79.0 Å². The smallest absolute Gasteiger partial charge is 0.406 e. The van der Waals surface area contributed by atoms with E-state index < -0.39 is 6.36 Å². The number of aromatic amines is 1. The van der Waals surface area contributed by atoms with Crippen LogP contribution in [0.1, 0.15) is 12.8 Å². The molecule has 36 heavy (non-hydrogen) atoms. The Hall–Kier alpha value is -3.59. The Morgan fingerprint density at radius 2 is 1.58 bits per heavy atom. The lowest BCUT2D eigenvalue weighted by atomic mass is 10.0. The summed E-state index contributed by atoms with van der Waals surface area (Å²) in [6, 6.07) is 23.1. The number of alkyl halides is 3. The molecule has 4 aromatic rings. The number of nitrogens with one attached hydrogen (secondary N) is 1. The molecule has 0 saturated carbocycles. The van der Waals surface area contributed by atoms with E-state index >= 15 is 0 Å². The summed E-state index contributed by atoms with van der Waals surface area (Å²) in [6.07, 6.45) is -0.740. The van der Waals surface area contributed by atoms with Gasteiger partial charge in [-0.05, 0) is 61.4 Å². The molecule has 1 saturated heterocycles. The average molecular weight is 509 g/mol. The summed E-state index contributed by atoms with van der Waals surface area (Å²) in [5.74, 6) is 1.19. The Balaban J connectivity index is 1.23. The van der Waals surface area contributed by atoms with Gasteiger partial charge in [0.25, 0.3) is 0 Å². The summed E-state index contributed by atoms with van der Waals surface area (Å²) in [7, 11) is 0. The summed E-state index contributed by atoms with van der Waals surface area (Å²) in [4.78, 5) is 15.2. The first-order valence-electron chi connectivity index (χ1n) is 11.8. The predicted octanol–water partition coefficient (Wildman–Crippen LogP) is 7.25. The fourth-order valence-electron chi connectivity index (χ4n) is 4.94. The third-order valence-corrected chi connectivity index (χ3v) is 7.61. The van der Waals surface area contributed by atoms with E-state index in [1.165, 1.54) is 33.3 Å². The van der Waals surface area contributed by atoms with Gasteiger partial charge in [0, 0.05) is 34.6 Å². The van der Waals surface area contributed by atoms with Gasteiger partial charge in [-0.3, -0.25) is 0 Å². The monoisotopic (exact) mass is 508 g/mol. The van der Waals surface area contributed by atoms with Crippen molar-refractivity contribution in [3.63, 3.8) is 0 Å². The number of nitrogens with zero attached hydrogens (tertiary/aromatic N) is 3. The Labute approximate surface area is 210 Å². The summed E-state index contributed by atoms with van der Waals surface area (Å²) >= 11 is 1.81. The number of fused-ring (bicyclic) bond motifs is 2. The van der Waals surface area contributed by atoms with Crippen LogP contribution in [0.5, 0.6) is 5.75 Å². The molecule has 1 unspecified atom stereocenters. The van der Waals surface area contributed by atoms with E-state index in [-0.39, 0.29) is 11.8 Å². The molecule has 6 rings (SSSR count). The van der Waals surface area contributed by atoms with E-state index in [0.29, 0.717) is 11.4 Å². The standard InChI is InChI=1S/C27H23F3N4OS/c28-27(29,30)35-20-13-11-18(12-14-20)26-31-16-25(32-26)33-15-5-6-19(17-33)34-21-7-1-3-9-23(21)36-24-10-4-2-8-22(24)34/h1-4,7-14,16,19H,5-6,15,17H2,(H,31,32). The maximum Gasteiger partial charge on any atom is 0.573 e. The van der Waals surface area contributed by atoms with Crippen molar-refractivity contribution in [1.29, 1.82) is 0 Å². The molecule has 184 valence electrons. The van der Waals surface area contributed by atoms with E-state index in [1.807, 2.05) is 18.0 Å². The third-order valence-electron chi connectivity index (χ3n) is 6.48. The fraction of sp³-hybridized carbons (Fsp3) is 0.222. The van der Waals surface area contributed by atoms with Crippen LogP contribution in [0.4, 0.5) is 30.4 Å². The highest BCUT2D eigenvalue weighted by atomic mass is 32.2. The topological polar surface area (TPSA) is 44.4 Å². The van der Waals surface area contributed by atoms with Crippen LogP contribution in [0.25, 0.3) is 11.4 Å². The summed E-state index contributed by atoms with van der Waals surface area (Å²) in [5.41, 5.74) is 3.16. The Bertz CT molecular complexity index is 1330. The van der Waals surface area contributed by atoms with Gasteiger partial charge >= 0.3 is 6.36 Å². The van der Waals surface area contributed by atoms with Crippen molar-refractivity contribution in [3.8, 4) is 17.1 Å². The average Bonchev–Trinajstić information content (AvgIpc) is 3.37. The fourth-order valence-corrected chi connectivity index (χ4v) is 6.01. The van der Waals surface area contributed by atoms with E-state index in [2.05, 4.69) is 68.1 Å². The number of H-pyrrole nitrogens is 1. The first kappa shape index (κ1) is 22.8. The maximum absolute atomic E-state index is 12.5. The van der Waals surface area contributed by atoms with Crippen LogP contribution in [-0.2, 0) is 0 Å². The van der Waals surface area contributed by atoms with Crippen LogP contribution in [0, 0.1) is 0 Å². The number of rotatable bonds is 4. The van der Waals surface area contributed by atoms with Crippen molar-refractivity contribution < 1.29 is 17.9 Å². The summed E-state index contributed by atoms with van der Waals surface area (Å²) in [5, 5.41) is 0. The molecular formula is C27H23F3N4OS. The molecule has 0 amide bonds. The minimum absolute atomic E-state index is 0.253. The lowest BCUT2D eigenvalue weighted by molar-refractivity contribution is -0.274. The van der Waals surface area contributed by atoms with Gasteiger partial charge in [0.15, 0.2) is 0 Å². The number of halogens is 3. The zero-order valence-corrected chi connectivity index (χ0v) is 20.0. The van der Waals surface area contributed by atoms with Crippen LogP contribution in [-0.4, -0.2) is 35.5 Å². The Morgan fingerprint density at radius 1 is 0.917 bits per heavy atom. The number of anilines is 3. The van der Waals surface area contributed by atoms with Crippen molar-refractivity contribution >= 4 is 29.0 Å². The molecule has 2 aliphatic heterocycles. The second-order valence-corrected chi connectivity index (χ2v) is 9.91. The van der Waals surface area contributed by atoms with E-state index in [1.54, 1.807) is 12.1 Å². The molecule has 0 radical (unpaired) electrons. The molecular weight excluding hydrogens is 485 g/mol. The van der Waals surface area contributed by atoms with Crippen LogP contribution < -0.4 is 14.5 Å². The first-order chi connectivity index (χ1) is 17.4. The molecule has 9 heteroatoms. The van der Waals surface area contributed by atoms with Crippen molar-refractivity contribution in [2.75, 3.05) is 22.9 Å². The van der Waals surface area contributed by atoms with Gasteiger partial charge in [-0.15, -0.1) is 13.2 Å². The molecule has 3 heterocycles. The van der Waals surface area contributed by atoms with Crippen molar-refractivity contribution in [2.45, 2.75) is 35.0 Å². The zero-order valence-electron chi connectivity index (χ0n) is 19.2. The molecule has 0 aliphatic carbocycles. The van der Waals surface area contributed by atoms with Crippen LogP contribution >= 0.6 is 11.8 Å². The van der Waals surface area contributed by atoms with Gasteiger partial charge in [0.2, 0.25) is 0 Å². The second-order valence-electron chi connectivity index (χ2n) is 8.83. The molecule has 3 aromatic carbocycles. The van der Waals surface area contributed by atoms with E-state index in [9.17, 15) is 13.2 Å². The zero-order chi connectivity index (χ0) is 24.7. The highest BCUT2D eigenvalue weighted by Gasteiger charge is 2.33. The summed E-state index contributed by atoms with van der Waals surface area (Å²) < 4.78 is 41.3. The van der Waals surface area contributed by atoms with Crippen molar-refractivity contribution in [1.82, 2.24) is 9.97 Å². The van der Waals surface area contributed by atoms with E-state index in [0.717, 1.165) is 31.7 Å². The van der Waals surface area contributed by atoms with Gasteiger partial charge < -0.3 is 19.5 Å². The van der Waals surface area contributed by atoms with Gasteiger partial charge in [0.05, 0.1) is 17.4 Å². The predicted molar refractivity (Wildman–Crippen MR) is 135 cm³/mol. The van der Waals surface area contributed by atoms with Gasteiger partial charge in [-0.2, -0.15) is 0 Å².